The Bertz CT molecular complexity index is 2600. The lowest BCUT2D eigenvalue weighted by molar-refractivity contribution is -0.140. The van der Waals surface area contributed by atoms with E-state index < -0.39 is 24.3 Å². The molecule has 0 radical (unpaired) electrons. The van der Waals surface area contributed by atoms with E-state index in [0.717, 1.165) is 81.7 Å². The summed E-state index contributed by atoms with van der Waals surface area (Å²) in [4.78, 5) is 72.7. The number of piperidine rings is 2. The zero-order chi connectivity index (χ0) is 44.6. The van der Waals surface area contributed by atoms with Gasteiger partial charge in [0.05, 0.1) is 42.8 Å². The fraction of sp³-hybridized carbons (Fsp3) is 0.469. The number of carboxylic acid groups (broad SMARTS) is 1. The third kappa shape index (κ3) is 7.88. The van der Waals surface area contributed by atoms with Crippen LogP contribution in [0.5, 0.6) is 0 Å². The van der Waals surface area contributed by atoms with Crippen LogP contribution < -0.4 is 10.6 Å². The Balaban J connectivity index is 0.823. The summed E-state index contributed by atoms with van der Waals surface area (Å²) in [6, 6.07) is 19.4. The molecule has 3 aliphatic heterocycles. The molecule has 15 heteroatoms. The quantitative estimate of drug-likeness (QED) is 0.0879. The molecule has 334 valence electrons. The molecule has 5 fully saturated rings. The predicted octanol–water partition coefficient (Wildman–Crippen LogP) is 7.83. The molecule has 64 heavy (non-hydrogen) atoms. The molecule has 10 rings (SSSR count). The van der Waals surface area contributed by atoms with E-state index in [1.807, 2.05) is 49.9 Å². The van der Waals surface area contributed by atoms with Crippen LogP contribution in [0, 0.1) is 23.7 Å². The number of benzene rings is 3. The summed E-state index contributed by atoms with van der Waals surface area (Å²) < 4.78 is 10.9. The number of aromatic amines is 2. The molecule has 11 atom stereocenters. The second-order valence-corrected chi connectivity index (χ2v) is 19.1. The molecule has 3 aromatic carbocycles. The summed E-state index contributed by atoms with van der Waals surface area (Å²) in [5.74, 6) is 1.79. The Morgan fingerprint density at radius 2 is 1.22 bits per heavy atom. The van der Waals surface area contributed by atoms with Crippen molar-refractivity contribution >= 4 is 34.8 Å². The van der Waals surface area contributed by atoms with Gasteiger partial charge in [0.25, 0.3) is 0 Å². The van der Waals surface area contributed by atoms with Crippen LogP contribution in [-0.2, 0) is 19.1 Å². The smallest absolute Gasteiger partial charge is 0.407 e. The van der Waals surface area contributed by atoms with E-state index in [1.54, 1.807) is 0 Å². The first-order chi connectivity index (χ1) is 30.8. The van der Waals surface area contributed by atoms with E-state index in [2.05, 4.69) is 81.3 Å². The van der Waals surface area contributed by atoms with E-state index >= 15 is 0 Å². The molecule has 0 bridgehead atoms. The molecule has 5 N–H and O–H groups in total. The van der Waals surface area contributed by atoms with E-state index in [-0.39, 0.29) is 60.0 Å². The monoisotopic (exact) mass is 868 g/mol. The minimum atomic E-state index is -1.20. The molecule has 0 spiro atoms. The lowest BCUT2D eigenvalue weighted by Crippen LogP contribution is -2.55. The van der Waals surface area contributed by atoms with Gasteiger partial charge in [-0.15, -0.1) is 0 Å². The highest BCUT2D eigenvalue weighted by Crippen LogP contribution is 2.55. The third-order valence-electron chi connectivity index (χ3n) is 14.3. The normalized spacial score (nSPS) is 27.8. The van der Waals surface area contributed by atoms with Crippen LogP contribution in [0.25, 0.3) is 44.4 Å². The van der Waals surface area contributed by atoms with Gasteiger partial charge in [0.1, 0.15) is 23.7 Å². The van der Waals surface area contributed by atoms with Gasteiger partial charge in [0.15, 0.2) is 0 Å². The second kappa shape index (κ2) is 16.4. The Morgan fingerprint density at radius 1 is 0.703 bits per heavy atom. The maximum atomic E-state index is 14.4. The average molecular weight is 869 g/mol. The van der Waals surface area contributed by atoms with E-state index in [1.165, 1.54) is 7.11 Å². The molecule has 5 aromatic rings. The number of alkyl carbamates (subject to hydrolysis) is 1. The Morgan fingerprint density at radius 3 is 1.78 bits per heavy atom. The van der Waals surface area contributed by atoms with E-state index in [0.29, 0.717) is 24.7 Å². The molecule has 2 unspecified atom stereocenters. The van der Waals surface area contributed by atoms with Crippen LogP contribution in [0.4, 0.5) is 9.59 Å². The Hall–Kier alpha value is -6.22. The van der Waals surface area contributed by atoms with Crippen molar-refractivity contribution in [1.29, 1.82) is 0 Å². The number of likely N-dealkylation sites (tertiary alicyclic amines) is 2. The number of amides is 4. The fourth-order valence-corrected chi connectivity index (χ4v) is 11.0. The number of nitrogens with zero attached hydrogens (tertiary/aromatic N) is 4. The molecule has 2 aromatic heterocycles. The highest BCUT2D eigenvalue weighted by Gasteiger charge is 2.58. The molecular weight excluding hydrogens is 813 g/mol. The van der Waals surface area contributed by atoms with Crippen molar-refractivity contribution in [1.82, 2.24) is 40.4 Å². The van der Waals surface area contributed by atoms with Gasteiger partial charge in [-0.25, -0.2) is 19.6 Å². The largest absolute Gasteiger partial charge is 0.465 e. The standard InChI is InChI=1S/C49H56N8O7/c1-24(2)42(54-48(60)61)46(58)56-38-18-33(38)20-40(56)45-51-23-37(53-45)32-13-12-30-16-29(10-11-31(30)17-32)27-6-8-28(9-7-27)36-22-50-44(52-36)41-21-34-19-39(34)57(41)47(59)43(55-49(62)63-5)35-14-25(3)64-26(4)15-35/h6-13,16-17,22-26,33-35,38-43,54H,14-15,18-21H2,1-5H3,(H,50,52)(H,51,53)(H,55,62)(H,60,61)/t25-,26+,33-,34+,35?,38-,39-,40+,41?,42+,43+/m1/s1. The molecule has 5 aliphatic rings. The number of rotatable bonds is 11. The Labute approximate surface area is 371 Å². The van der Waals surface area contributed by atoms with E-state index in [4.69, 9.17) is 19.4 Å². The number of carbonyl (C=O) groups excluding carboxylic acids is 3. The molecule has 4 amide bonds. The number of ether oxygens (including phenoxy) is 2. The van der Waals surface area contributed by atoms with Crippen molar-refractivity contribution in [2.24, 2.45) is 23.7 Å². The molecule has 3 saturated heterocycles. The molecule has 2 aliphatic carbocycles. The number of H-pyrrole nitrogens is 2. The molecule has 5 heterocycles. The lowest BCUT2D eigenvalue weighted by Gasteiger charge is -2.38. The molecular formula is C49H56N8O7. The highest BCUT2D eigenvalue weighted by atomic mass is 16.5. The number of hydrogen-bond acceptors (Lipinski definition) is 8. The topological polar surface area (TPSA) is 195 Å². The van der Waals surface area contributed by atoms with Crippen molar-refractivity contribution in [2.45, 2.75) is 115 Å². The van der Waals surface area contributed by atoms with Gasteiger partial charge < -0.3 is 45.0 Å². The number of imidazole rings is 2. The summed E-state index contributed by atoms with van der Waals surface area (Å²) in [6.45, 7) is 7.74. The average Bonchev–Trinajstić information content (AvgIpc) is 3.86. The van der Waals surface area contributed by atoms with Gasteiger partial charge in [-0.3, -0.25) is 9.59 Å². The fourth-order valence-electron chi connectivity index (χ4n) is 11.0. The third-order valence-corrected chi connectivity index (χ3v) is 14.3. The van der Waals surface area contributed by atoms with Gasteiger partial charge in [-0.1, -0.05) is 62.4 Å². The zero-order valence-corrected chi connectivity index (χ0v) is 36.8. The summed E-state index contributed by atoms with van der Waals surface area (Å²) in [6.07, 6.45) is 6.86. The predicted molar refractivity (Wildman–Crippen MR) is 239 cm³/mol. The van der Waals surface area contributed by atoms with Gasteiger partial charge in [-0.05, 0) is 110 Å². The molecule has 2 saturated carbocycles. The summed E-state index contributed by atoms with van der Waals surface area (Å²) in [7, 11) is 1.32. The van der Waals surface area contributed by atoms with Crippen LogP contribution in [0.15, 0.2) is 73.1 Å². The van der Waals surface area contributed by atoms with Gasteiger partial charge in [0.2, 0.25) is 11.8 Å². The minimum Gasteiger partial charge on any atom is -0.465 e. The van der Waals surface area contributed by atoms with Gasteiger partial charge in [0, 0.05) is 35.6 Å². The van der Waals surface area contributed by atoms with Crippen LogP contribution >= 0.6 is 0 Å². The SMILES string of the molecule is COC(=O)N[C@H](C(=O)N1C(c2nc(-c3ccc(-c4ccc5cc(-c6c[nH]c([C@@H]7C[C@H]8C[C@H]8N7C(=O)[C@@H](NC(=O)O)C(C)C)n6)ccc5c4)cc3)c[nH]2)C[C@@H]2C[C@H]21)C1C[C@@H](C)O[C@@H](C)C1. The number of hydrogen-bond donors (Lipinski definition) is 5. The summed E-state index contributed by atoms with van der Waals surface area (Å²) in [5, 5.41) is 16.9. The van der Waals surface area contributed by atoms with Crippen molar-refractivity contribution in [2.75, 3.05) is 7.11 Å². The van der Waals surface area contributed by atoms with Gasteiger partial charge in [-0.2, -0.15) is 0 Å². The maximum Gasteiger partial charge on any atom is 0.407 e. The lowest BCUT2D eigenvalue weighted by atomic mass is 9.85. The van der Waals surface area contributed by atoms with E-state index in [9.17, 15) is 24.3 Å². The van der Waals surface area contributed by atoms with Crippen LogP contribution in [0.2, 0.25) is 0 Å². The van der Waals surface area contributed by atoms with Crippen LogP contribution in [-0.4, -0.2) is 102 Å². The molecule has 15 nitrogen and oxygen atoms in total. The first kappa shape index (κ1) is 41.8. The van der Waals surface area contributed by atoms with Crippen molar-refractivity contribution < 1.29 is 33.8 Å². The minimum absolute atomic E-state index is 0.0122. The number of nitrogens with one attached hydrogen (secondary N) is 4. The van der Waals surface area contributed by atoms with Crippen LogP contribution in [0.1, 0.15) is 90.0 Å². The van der Waals surface area contributed by atoms with Crippen molar-refractivity contribution in [3.63, 3.8) is 0 Å². The zero-order valence-electron chi connectivity index (χ0n) is 36.8. The first-order valence-corrected chi connectivity index (χ1v) is 22.7. The second-order valence-electron chi connectivity index (χ2n) is 19.1. The van der Waals surface area contributed by atoms with Crippen molar-refractivity contribution in [3.05, 3.63) is 84.7 Å². The first-order valence-electron chi connectivity index (χ1n) is 22.7. The number of aromatic nitrogens is 4. The van der Waals surface area contributed by atoms with Gasteiger partial charge >= 0.3 is 12.2 Å². The van der Waals surface area contributed by atoms with Crippen LogP contribution in [0.3, 0.4) is 0 Å². The number of methoxy groups -OCH3 is 1. The van der Waals surface area contributed by atoms with Crippen molar-refractivity contribution in [3.8, 4) is 33.6 Å². The highest BCUT2D eigenvalue weighted by molar-refractivity contribution is 5.91. The maximum absolute atomic E-state index is 14.4. The summed E-state index contributed by atoms with van der Waals surface area (Å²) in [5.41, 5.74) is 5.67. The Kier molecular flexibility index (Phi) is 10.7. The number of carbonyl (C=O) groups is 4. The number of fused-ring (bicyclic) bond motifs is 3. The summed E-state index contributed by atoms with van der Waals surface area (Å²) >= 11 is 0.